The minimum atomic E-state index is -0.249. The molecule has 0 spiro atoms. The lowest BCUT2D eigenvalue weighted by Gasteiger charge is -2.16. The Morgan fingerprint density at radius 2 is 2.00 bits per heavy atom. The van der Waals surface area contributed by atoms with Crippen LogP contribution in [0.25, 0.3) is 6.08 Å². The Balaban J connectivity index is 1.42. The molecule has 0 aliphatic carbocycles. The molecule has 8 heteroatoms. The predicted octanol–water partition coefficient (Wildman–Crippen LogP) is 6.19. The van der Waals surface area contributed by atoms with Crippen molar-refractivity contribution >= 4 is 40.6 Å². The fourth-order valence-electron chi connectivity index (χ4n) is 4.62. The normalized spacial score (nSPS) is 17.7. The summed E-state index contributed by atoms with van der Waals surface area (Å²) in [5.74, 6) is 0.673. The van der Waals surface area contributed by atoms with Crippen LogP contribution in [0.3, 0.4) is 0 Å². The van der Waals surface area contributed by atoms with Crippen LogP contribution in [0.15, 0.2) is 73.1 Å². The maximum atomic E-state index is 13.3. The summed E-state index contributed by atoms with van der Waals surface area (Å²) < 4.78 is 13.3. The van der Waals surface area contributed by atoms with Crippen molar-refractivity contribution in [3.63, 3.8) is 0 Å². The molecular weight excluding hydrogens is 542 g/mol. The van der Waals surface area contributed by atoms with Gasteiger partial charge >= 0.3 is 0 Å². The second kappa shape index (κ2) is 15.2. The lowest BCUT2D eigenvalue weighted by Crippen LogP contribution is -2.33. The van der Waals surface area contributed by atoms with Gasteiger partial charge in [0.05, 0.1) is 0 Å². The lowest BCUT2D eigenvalue weighted by atomic mass is 9.96. The Kier molecular flexibility index (Phi) is 11.4. The van der Waals surface area contributed by atoms with Gasteiger partial charge in [0.1, 0.15) is 5.82 Å². The Labute approximate surface area is 244 Å². The molecule has 2 N–H and O–H groups in total. The standard InChI is InChI=1S/C32H36FN3O2S2/c1-22(15-17-39-2)36-31(37)30-18-24(6-11-25(30)10-5-23-7-12-27(33)13-8-23)9-14-28-19-29(21-35-28)40-32(38)26-4-3-16-34-20-26/h3-4,6-9,11-14,16,18,20,22,28-29,35H,5,10,15,17,19,21H2,1-2H3,(H,36,37)/b14-9+. The molecule has 2 heterocycles. The summed E-state index contributed by atoms with van der Waals surface area (Å²) in [7, 11) is 0. The molecular formula is C32H36FN3O2S2. The topological polar surface area (TPSA) is 71.1 Å². The van der Waals surface area contributed by atoms with E-state index in [9.17, 15) is 14.0 Å². The van der Waals surface area contributed by atoms with Crippen LogP contribution in [0, 0.1) is 5.82 Å². The van der Waals surface area contributed by atoms with Gasteiger partial charge in [0.2, 0.25) is 5.12 Å². The van der Waals surface area contributed by atoms with Gasteiger partial charge in [-0.25, -0.2) is 4.39 Å². The third-order valence-electron chi connectivity index (χ3n) is 6.92. The third-order valence-corrected chi connectivity index (χ3v) is 8.71. The second-order valence-corrected chi connectivity index (χ2v) is 12.3. The molecule has 0 radical (unpaired) electrons. The summed E-state index contributed by atoms with van der Waals surface area (Å²) in [4.78, 5) is 29.9. The highest BCUT2D eigenvalue weighted by Gasteiger charge is 2.25. The first kappa shape index (κ1) is 30.0. The summed E-state index contributed by atoms with van der Waals surface area (Å²) in [6.07, 6.45) is 12.7. The maximum Gasteiger partial charge on any atom is 0.251 e. The van der Waals surface area contributed by atoms with Crippen molar-refractivity contribution in [3.8, 4) is 0 Å². The number of nitrogens with one attached hydrogen (secondary N) is 2. The minimum absolute atomic E-state index is 0.0446. The fraction of sp³-hybridized carbons (Fsp3) is 0.344. The average molecular weight is 578 g/mol. The molecule has 3 atom stereocenters. The monoisotopic (exact) mass is 577 g/mol. The molecule has 2 aromatic carbocycles. The molecule has 1 saturated heterocycles. The zero-order valence-corrected chi connectivity index (χ0v) is 24.6. The van der Waals surface area contributed by atoms with Crippen molar-refractivity contribution in [2.24, 2.45) is 0 Å². The number of hydrogen-bond donors (Lipinski definition) is 2. The maximum absolute atomic E-state index is 13.3. The number of pyridine rings is 1. The summed E-state index contributed by atoms with van der Waals surface area (Å²) in [6.45, 7) is 2.80. The van der Waals surface area contributed by atoms with Crippen molar-refractivity contribution in [3.05, 3.63) is 107 Å². The number of amides is 1. The molecule has 0 bridgehead atoms. The summed E-state index contributed by atoms with van der Waals surface area (Å²) in [5.41, 5.74) is 4.26. The van der Waals surface area contributed by atoms with Crippen LogP contribution in [0.2, 0.25) is 0 Å². The lowest BCUT2D eigenvalue weighted by molar-refractivity contribution is 0.0938. The third kappa shape index (κ3) is 9.04. The van der Waals surface area contributed by atoms with E-state index in [2.05, 4.69) is 27.9 Å². The first-order chi connectivity index (χ1) is 19.4. The first-order valence-electron chi connectivity index (χ1n) is 13.6. The van der Waals surface area contributed by atoms with Gasteiger partial charge in [0.15, 0.2) is 0 Å². The number of benzene rings is 2. The van der Waals surface area contributed by atoms with Crippen molar-refractivity contribution in [1.29, 1.82) is 0 Å². The van der Waals surface area contributed by atoms with Gasteiger partial charge in [-0.05, 0) is 91.6 Å². The van der Waals surface area contributed by atoms with E-state index in [0.29, 0.717) is 17.5 Å². The molecule has 4 rings (SSSR count). The van der Waals surface area contributed by atoms with Gasteiger partial charge in [0.25, 0.3) is 5.91 Å². The van der Waals surface area contributed by atoms with E-state index >= 15 is 0 Å². The van der Waals surface area contributed by atoms with Crippen LogP contribution >= 0.6 is 23.5 Å². The van der Waals surface area contributed by atoms with Gasteiger partial charge in [-0.1, -0.05) is 48.2 Å². The van der Waals surface area contributed by atoms with E-state index in [1.807, 2.05) is 31.2 Å². The summed E-state index contributed by atoms with van der Waals surface area (Å²) in [5, 5.41) is 6.89. The van der Waals surface area contributed by atoms with E-state index in [-0.39, 0.29) is 34.2 Å². The first-order valence-corrected chi connectivity index (χ1v) is 15.9. The second-order valence-electron chi connectivity index (χ2n) is 10.1. The van der Waals surface area contributed by atoms with Gasteiger partial charge in [-0.15, -0.1) is 0 Å². The molecule has 1 aliphatic rings. The SMILES string of the molecule is CSCCC(C)NC(=O)c1cc(/C=C/C2CC(SC(=O)c3cccnc3)CN2)ccc1CCc1ccc(F)cc1. The highest BCUT2D eigenvalue weighted by Crippen LogP contribution is 2.26. The Hall–Kier alpha value is -2.94. The number of nitrogens with zero attached hydrogens (tertiary/aromatic N) is 1. The van der Waals surface area contributed by atoms with E-state index in [0.717, 1.165) is 48.3 Å². The average Bonchev–Trinajstić information content (AvgIpc) is 3.42. The molecule has 1 aromatic heterocycles. The van der Waals surface area contributed by atoms with Crippen molar-refractivity contribution in [2.45, 2.75) is 49.9 Å². The van der Waals surface area contributed by atoms with Crippen LogP contribution in [-0.2, 0) is 12.8 Å². The van der Waals surface area contributed by atoms with Crippen LogP contribution < -0.4 is 10.6 Å². The minimum Gasteiger partial charge on any atom is -0.350 e. The van der Waals surface area contributed by atoms with E-state index in [1.165, 1.54) is 23.9 Å². The number of carbonyl (C=O) groups excluding carboxylic acids is 2. The summed E-state index contributed by atoms with van der Waals surface area (Å²) >= 11 is 3.13. The molecule has 0 saturated carbocycles. The number of rotatable bonds is 12. The quantitative estimate of drug-likeness (QED) is 0.267. The van der Waals surface area contributed by atoms with E-state index in [1.54, 1.807) is 48.4 Å². The number of aryl methyl sites for hydroxylation is 2. The van der Waals surface area contributed by atoms with Gasteiger partial charge in [-0.2, -0.15) is 11.8 Å². The number of thioether (sulfide) groups is 2. The highest BCUT2D eigenvalue weighted by atomic mass is 32.2. The zero-order chi connectivity index (χ0) is 28.3. The smallest absolute Gasteiger partial charge is 0.251 e. The van der Waals surface area contributed by atoms with Crippen molar-refractivity contribution < 1.29 is 14.0 Å². The molecule has 1 amide bonds. The van der Waals surface area contributed by atoms with Gasteiger partial charge < -0.3 is 10.6 Å². The largest absolute Gasteiger partial charge is 0.350 e. The Morgan fingerprint density at radius 3 is 2.75 bits per heavy atom. The predicted molar refractivity (Wildman–Crippen MR) is 166 cm³/mol. The van der Waals surface area contributed by atoms with Crippen LogP contribution in [0.5, 0.6) is 0 Å². The van der Waals surface area contributed by atoms with E-state index < -0.39 is 0 Å². The number of aromatic nitrogens is 1. The molecule has 5 nitrogen and oxygen atoms in total. The van der Waals surface area contributed by atoms with E-state index in [4.69, 9.17) is 0 Å². The number of halogens is 1. The number of hydrogen-bond acceptors (Lipinski definition) is 6. The molecule has 1 aliphatic heterocycles. The Morgan fingerprint density at radius 1 is 1.18 bits per heavy atom. The number of carbonyl (C=O) groups is 2. The molecule has 210 valence electrons. The van der Waals surface area contributed by atoms with Gasteiger partial charge in [-0.3, -0.25) is 14.6 Å². The van der Waals surface area contributed by atoms with Crippen LogP contribution in [0.1, 0.15) is 57.2 Å². The van der Waals surface area contributed by atoms with Crippen molar-refractivity contribution in [1.82, 2.24) is 15.6 Å². The molecule has 3 aromatic rings. The fourth-order valence-corrected chi connectivity index (χ4v) is 6.26. The zero-order valence-electron chi connectivity index (χ0n) is 22.9. The molecule has 3 unspecified atom stereocenters. The van der Waals surface area contributed by atoms with Crippen LogP contribution in [0.4, 0.5) is 4.39 Å². The molecule has 40 heavy (non-hydrogen) atoms. The molecule has 1 fully saturated rings. The van der Waals surface area contributed by atoms with Crippen molar-refractivity contribution in [2.75, 3.05) is 18.6 Å². The Bertz CT molecular complexity index is 1300. The van der Waals surface area contributed by atoms with Gasteiger partial charge in [0, 0.05) is 47.4 Å². The highest BCUT2D eigenvalue weighted by molar-refractivity contribution is 8.14. The van der Waals surface area contributed by atoms with Crippen LogP contribution in [-0.4, -0.2) is 51.9 Å². The summed E-state index contributed by atoms with van der Waals surface area (Å²) in [6, 6.07) is 16.4.